The van der Waals surface area contributed by atoms with Crippen molar-refractivity contribution in [1.29, 1.82) is 0 Å². The number of nitrogens with one attached hydrogen (secondary N) is 3. The summed E-state index contributed by atoms with van der Waals surface area (Å²) in [5.74, 6) is -0.0301. The lowest BCUT2D eigenvalue weighted by molar-refractivity contribution is -0.120. The van der Waals surface area contributed by atoms with Gasteiger partial charge < -0.3 is 14.9 Å². The van der Waals surface area contributed by atoms with Crippen LogP contribution in [0.15, 0.2) is 34.2 Å². The highest BCUT2D eigenvalue weighted by Crippen LogP contribution is 2.25. The molecule has 0 unspecified atom stereocenters. The maximum absolute atomic E-state index is 11.6. The van der Waals surface area contributed by atoms with Crippen molar-refractivity contribution in [3.8, 4) is 11.5 Å². The molecule has 110 valence electrons. The summed E-state index contributed by atoms with van der Waals surface area (Å²) in [5, 5.41) is 18.1. The maximum Gasteiger partial charge on any atom is 0.264 e. The zero-order chi connectivity index (χ0) is 15.2. The number of rotatable bonds is 5. The number of hydrogen-bond donors (Lipinski definition) is 4. The Morgan fingerprint density at radius 1 is 1.43 bits per heavy atom. The fourth-order valence-electron chi connectivity index (χ4n) is 1.63. The number of carbonyl (C=O) groups is 1. The predicted octanol–water partition coefficient (Wildman–Crippen LogP) is 0.110. The Labute approximate surface area is 119 Å². The summed E-state index contributed by atoms with van der Waals surface area (Å²) in [6.07, 6.45) is 1.43. The molecule has 0 atom stereocenters. The van der Waals surface area contributed by atoms with Gasteiger partial charge >= 0.3 is 0 Å². The van der Waals surface area contributed by atoms with Crippen LogP contribution >= 0.6 is 0 Å². The zero-order valence-corrected chi connectivity index (χ0v) is 11.2. The second kappa shape index (κ2) is 6.42. The molecule has 0 fully saturated rings. The number of carbonyl (C=O) groups excluding carboxylic acids is 1. The van der Waals surface area contributed by atoms with Gasteiger partial charge in [0, 0.05) is 11.8 Å². The molecule has 1 aromatic heterocycles. The highest BCUT2D eigenvalue weighted by atomic mass is 16.5. The van der Waals surface area contributed by atoms with Crippen LogP contribution in [0.1, 0.15) is 11.3 Å². The van der Waals surface area contributed by atoms with E-state index in [1.807, 2.05) is 0 Å². The van der Waals surface area contributed by atoms with Gasteiger partial charge in [0.15, 0.2) is 11.5 Å². The number of hydrazone groups is 1. The fraction of sp³-hybridized carbons (Fsp3) is 0.154. The van der Waals surface area contributed by atoms with Crippen LogP contribution in [-0.4, -0.2) is 34.5 Å². The summed E-state index contributed by atoms with van der Waals surface area (Å²) in [6, 6.07) is 5.96. The summed E-state index contributed by atoms with van der Waals surface area (Å²) in [7, 11) is 1.44. The minimum absolute atomic E-state index is 0.00891. The van der Waals surface area contributed by atoms with Crippen LogP contribution in [0, 0.1) is 0 Å². The van der Waals surface area contributed by atoms with Gasteiger partial charge in [-0.2, -0.15) is 5.10 Å². The summed E-state index contributed by atoms with van der Waals surface area (Å²) >= 11 is 0. The van der Waals surface area contributed by atoms with Crippen LogP contribution in [0.2, 0.25) is 0 Å². The lowest BCUT2D eigenvalue weighted by Crippen LogP contribution is -2.20. The molecule has 0 aliphatic carbocycles. The van der Waals surface area contributed by atoms with Crippen molar-refractivity contribution < 1.29 is 14.6 Å². The lowest BCUT2D eigenvalue weighted by Gasteiger charge is -2.03. The van der Waals surface area contributed by atoms with Crippen molar-refractivity contribution >= 4 is 12.1 Å². The summed E-state index contributed by atoms with van der Waals surface area (Å²) < 4.78 is 4.96. The van der Waals surface area contributed by atoms with Gasteiger partial charge in [0.1, 0.15) is 0 Å². The summed E-state index contributed by atoms with van der Waals surface area (Å²) in [4.78, 5) is 22.4. The monoisotopic (exact) mass is 290 g/mol. The highest BCUT2D eigenvalue weighted by molar-refractivity contribution is 5.83. The Morgan fingerprint density at radius 3 is 2.90 bits per heavy atom. The minimum Gasteiger partial charge on any atom is -0.504 e. The number of aromatic nitrogens is 2. The number of nitrogens with zero attached hydrogens (tertiary/aromatic N) is 1. The zero-order valence-electron chi connectivity index (χ0n) is 11.2. The molecule has 0 aliphatic rings. The smallest absolute Gasteiger partial charge is 0.264 e. The third-order valence-electron chi connectivity index (χ3n) is 2.61. The number of ether oxygens (including phenoxy) is 1. The van der Waals surface area contributed by atoms with E-state index in [1.54, 1.807) is 12.1 Å². The SMILES string of the molecule is COc1cc(/C=N/NC(=O)Cc2cc(=O)[nH][nH]2)ccc1O. The molecule has 1 aromatic carbocycles. The van der Waals surface area contributed by atoms with Crippen LogP contribution < -0.4 is 15.7 Å². The molecule has 0 spiro atoms. The van der Waals surface area contributed by atoms with E-state index in [4.69, 9.17) is 4.74 Å². The van der Waals surface area contributed by atoms with Crippen LogP contribution in [0.4, 0.5) is 0 Å². The van der Waals surface area contributed by atoms with Crippen molar-refractivity contribution in [2.45, 2.75) is 6.42 Å². The number of benzene rings is 1. The Morgan fingerprint density at radius 2 is 2.24 bits per heavy atom. The molecule has 1 heterocycles. The quantitative estimate of drug-likeness (QED) is 0.461. The first kappa shape index (κ1) is 14.4. The molecule has 21 heavy (non-hydrogen) atoms. The van der Waals surface area contributed by atoms with E-state index in [9.17, 15) is 14.7 Å². The highest BCUT2D eigenvalue weighted by Gasteiger charge is 2.04. The van der Waals surface area contributed by atoms with Crippen molar-refractivity contribution in [3.05, 3.63) is 45.9 Å². The number of H-pyrrole nitrogens is 2. The lowest BCUT2D eigenvalue weighted by atomic mass is 10.2. The number of amides is 1. The normalized spacial score (nSPS) is 10.7. The molecule has 0 saturated heterocycles. The number of phenolic OH excluding ortho intramolecular Hbond substituents is 1. The van der Waals surface area contributed by atoms with Gasteiger partial charge in [-0.3, -0.25) is 14.7 Å². The molecule has 0 saturated carbocycles. The molecule has 0 bridgehead atoms. The molecule has 2 aromatic rings. The first-order valence-electron chi connectivity index (χ1n) is 6.04. The van der Waals surface area contributed by atoms with Crippen molar-refractivity contribution in [3.63, 3.8) is 0 Å². The first-order chi connectivity index (χ1) is 10.1. The Hall–Kier alpha value is -3.03. The van der Waals surface area contributed by atoms with E-state index in [0.29, 0.717) is 17.0 Å². The maximum atomic E-state index is 11.6. The Balaban J connectivity index is 1.92. The average molecular weight is 290 g/mol. The number of methoxy groups -OCH3 is 1. The van der Waals surface area contributed by atoms with Gasteiger partial charge in [-0.05, 0) is 23.8 Å². The van der Waals surface area contributed by atoms with Crippen LogP contribution in [0.25, 0.3) is 0 Å². The van der Waals surface area contributed by atoms with E-state index in [0.717, 1.165) is 0 Å². The standard InChI is InChI=1S/C13H14N4O4/c1-21-11-4-8(2-3-10(11)18)7-14-16-12(19)5-9-6-13(20)17-15-9/h2-4,6-7,18H,5H2,1H3,(H,16,19)(H2,15,17,20)/b14-7+. The topological polar surface area (TPSA) is 120 Å². The fourth-order valence-corrected chi connectivity index (χ4v) is 1.63. The van der Waals surface area contributed by atoms with Crippen LogP contribution in [0.3, 0.4) is 0 Å². The van der Waals surface area contributed by atoms with Crippen molar-refractivity contribution in [2.24, 2.45) is 5.10 Å². The molecule has 2 rings (SSSR count). The van der Waals surface area contributed by atoms with E-state index in [-0.39, 0.29) is 23.6 Å². The molecule has 8 nitrogen and oxygen atoms in total. The molecular weight excluding hydrogens is 276 g/mol. The molecule has 0 radical (unpaired) electrons. The van der Waals surface area contributed by atoms with Crippen molar-refractivity contribution in [2.75, 3.05) is 7.11 Å². The second-order valence-corrected chi connectivity index (χ2v) is 4.19. The van der Waals surface area contributed by atoms with Crippen molar-refractivity contribution in [1.82, 2.24) is 15.6 Å². The number of aromatic hydroxyl groups is 1. The van der Waals surface area contributed by atoms with Gasteiger partial charge in [-0.1, -0.05) is 0 Å². The van der Waals surface area contributed by atoms with Gasteiger partial charge in [-0.25, -0.2) is 5.43 Å². The van der Waals surface area contributed by atoms with E-state index in [2.05, 4.69) is 20.7 Å². The number of aromatic amines is 2. The van der Waals surface area contributed by atoms with Crippen LogP contribution in [0.5, 0.6) is 11.5 Å². The van der Waals surface area contributed by atoms with E-state index >= 15 is 0 Å². The Kier molecular flexibility index (Phi) is 4.39. The third-order valence-corrected chi connectivity index (χ3v) is 2.61. The molecule has 1 amide bonds. The van der Waals surface area contributed by atoms with Gasteiger partial charge in [0.25, 0.3) is 5.56 Å². The second-order valence-electron chi connectivity index (χ2n) is 4.19. The minimum atomic E-state index is -0.368. The summed E-state index contributed by atoms with van der Waals surface area (Å²) in [5.41, 5.74) is 3.16. The number of phenols is 1. The molecule has 0 aliphatic heterocycles. The number of hydrogen-bond acceptors (Lipinski definition) is 5. The van der Waals surface area contributed by atoms with E-state index in [1.165, 1.54) is 25.5 Å². The third kappa shape index (κ3) is 3.96. The predicted molar refractivity (Wildman–Crippen MR) is 75.5 cm³/mol. The van der Waals surface area contributed by atoms with E-state index < -0.39 is 0 Å². The molecular formula is C13H14N4O4. The molecule has 8 heteroatoms. The molecule has 4 N–H and O–H groups in total. The summed E-state index contributed by atoms with van der Waals surface area (Å²) in [6.45, 7) is 0. The van der Waals surface area contributed by atoms with Crippen LogP contribution in [-0.2, 0) is 11.2 Å². The van der Waals surface area contributed by atoms with Gasteiger partial charge in [0.05, 0.1) is 19.7 Å². The largest absolute Gasteiger partial charge is 0.504 e. The average Bonchev–Trinajstić information content (AvgIpc) is 2.86. The first-order valence-corrected chi connectivity index (χ1v) is 6.04. The van der Waals surface area contributed by atoms with Gasteiger partial charge in [-0.15, -0.1) is 0 Å². The Bertz CT molecular complexity index is 717. The van der Waals surface area contributed by atoms with Gasteiger partial charge in [0.2, 0.25) is 5.91 Å².